The van der Waals surface area contributed by atoms with Crippen LogP contribution >= 0.6 is 0 Å². The molecule has 0 aliphatic carbocycles. The van der Waals surface area contributed by atoms with Gasteiger partial charge in [-0.3, -0.25) is 0 Å². The SMILES string of the molecule is CC1NC(C2CCNCC2)CCC1N. The topological polar surface area (TPSA) is 50.1 Å². The lowest BCUT2D eigenvalue weighted by Gasteiger charge is -2.39. The minimum Gasteiger partial charge on any atom is -0.326 e. The van der Waals surface area contributed by atoms with Crippen molar-refractivity contribution < 1.29 is 0 Å². The number of nitrogens with one attached hydrogen (secondary N) is 2. The third-order valence-electron chi connectivity index (χ3n) is 3.88. The summed E-state index contributed by atoms with van der Waals surface area (Å²) in [5.41, 5.74) is 6.00. The highest BCUT2D eigenvalue weighted by Gasteiger charge is 2.30. The molecule has 14 heavy (non-hydrogen) atoms. The molecule has 0 aromatic carbocycles. The van der Waals surface area contributed by atoms with Gasteiger partial charge in [0.25, 0.3) is 0 Å². The number of hydrogen-bond donors (Lipinski definition) is 3. The first-order valence-corrected chi connectivity index (χ1v) is 5.99. The summed E-state index contributed by atoms with van der Waals surface area (Å²) in [6.45, 7) is 4.62. The monoisotopic (exact) mass is 197 g/mol. The van der Waals surface area contributed by atoms with Crippen LogP contribution in [-0.2, 0) is 0 Å². The Hall–Kier alpha value is -0.120. The Bertz CT molecular complexity index is 177. The molecule has 4 N–H and O–H groups in total. The molecule has 2 heterocycles. The van der Waals surface area contributed by atoms with E-state index in [1.807, 2.05) is 0 Å². The molecule has 82 valence electrons. The fraction of sp³-hybridized carbons (Fsp3) is 1.00. The first kappa shape index (κ1) is 10.4. The lowest BCUT2D eigenvalue weighted by Crippen LogP contribution is -2.55. The van der Waals surface area contributed by atoms with Gasteiger partial charge in [-0.1, -0.05) is 0 Å². The molecule has 2 rings (SSSR count). The predicted molar refractivity (Wildman–Crippen MR) is 59.2 cm³/mol. The van der Waals surface area contributed by atoms with Crippen LogP contribution in [0.25, 0.3) is 0 Å². The summed E-state index contributed by atoms with van der Waals surface area (Å²) in [5, 5.41) is 7.10. The van der Waals surface area contributed by atoms with E-state index in [4.69, 9.17) is 5.73 Å². The van der Waals surface area contributed by atoms with Crippen LogP contribution in [0.15, 0.2) is 0 Å². The van der Waals surface area contributed by atoms with Gasteiger partial charge < -0.3 is 16.4 Å². The van der Waals surface area contributed by atoms with E-state index in [1.165, 1.54) is 38.8 Å². The van der Waals surface area contributed by atoms with Crippen molar-refractivity contribution in [3.63, 3.8) is 0 Å². The summed E-state index contributed by atoms with van der Waals surface area (Å²) < 4.78 is 0. The second kappa shape index (κ2) is 4.60. The van der Waals surface area contributed by atoms with Crippen LogP contribution in [-0.4, -0.2) is 31.2 Å². The van der Waals surface area contributed by atoms with E-state index in [0.717, 1.165) is 12.0 Å². The van der Waals surface area contributed by atoms with Gasteiger partial charge in [0.1, 0.15) is 0 Å². The van der Waals surface area contributed by atoms with Crippen molar-refractivity contribution >= 4 is 0 Å². The standard InChI is InChI=1S/C11H23N3/c1-8-10(12)2-3-11(14-8)9-4-6-13-7-5-9/h8-11,13-14H,2-7,12H2,1H3. The van der Waals surface area contributed by atoms with Gasteiger partial charge >= 0.3 is 0 Å². The molecule has 2 fully saturated rings. The molecule has 3 unspecified atom stereocenters. The van der Waals surface area contributed by atoms with Crippen molar-refractivity contribution in [3.8, 4) is 0 Å². The van der Waals surface area contributed by atoms with Crippen LogP contribution in [0.4, 0.5) is 0 Å². The zero-order chi connectivity index (χ0) is 9.97. The van der Waals surface area contributed by atoms with Crippen molar-refractivity contribution in [2.45, 2.75) is 50.7 Å². The largest absolute Gasteiger partial charge is 0.326 e. The van der Waals surface area contributed by atoms with Gasteiger partial charge in [-0.2, -0.15) is 0 Å². The van der Waals surface area contributed by atoms with Crippen LogP contribution in [0.5, 0.6) is 0 Å². The fourth-order valence-corrected chi connectivity index (χ4v) is 2.79. The fourth-order valence-electron chi connectivity index (χ4n) is 2.79. The van der Waals surface area contributed by atoms with Gasteiger partial charge in [0.2, 0.25) is 0 Å². The lowest BCUT2D eigenvalue weighted by atomic mass is 9.83. The van der Waals surface area contributed by atoms with Crippen molar-refractivity contribution in [2.75, 3.05) is 13.1 Å². The molecule has 3 heteroatoms. The molecule has 2 aliphatic heterocycles. The minimum atomic E-state index is 0.368. The maximum absolute atomic E-state index is 6.00. The summed E-state index contributed by atoms with van der Waals surface area (Å²) in [6, 6.07) is 1.60. The highest BCUT2D eigenvalue weighted by atomic mass is 15.0. The Morgan fingerprint density at radius 2 is 1.79 bits per heavy atom. The number of hydrogen-bond acceptors (Lipinski definition) is 3. The minimum absolute atomic E-state index is 0.368. The first-order chi connectivity index (χ1) is 6.77. The Morgan fingerprint density at radius 3 is 2.43 bits per heavy atom. The van der Waals surface area contributed by atoms with Gasteiger partial charge in [-0.15, -0.1) is 0 Å². The third-order valence-corrected chi connectivity index (χ3v) is 3.88. The molecule has 0 bridgehead atoms. The second-order valence-corrected chi connectivity index (χ2v) is 4.89. The average molecular weight is 197 g/mol. The molecular formula is C11H23N3. The molecule has 2 aliphatic rings. The predicted octanol–water partition coefficient (Wildman–Crippen LogP) is 0.454. The Balaban J connectivity index is 1.85. The van der Waals surface area contributed by atoms with Gasteiger partial charge in [-0.25, -0.2) is 0 Å². The molecule has 0 amide bonds. The van der Waals surface area contributed by atoms with E-state index in [-0.39, 0.29) is 0 Å². The third kappa shape index (κ3) is 2.27. The van der Waals surface area contributed by atoms with E-state index in [2.05, 4.69) is 17.6 Å². The van der Waals surface area contributed by atoms with E-state index in [0.29, 0.717) is 12.1 Å². The molecule has 3 nitrogen and oxygen atoms in total. The van der Waals surface area contributed by atoms with E-state index in [1.54, 1.807) is 0 Å². The van der Waals surface area contributed by atoms with Crippen LogP contribution in [0.3, 0.4) is 0 Å². The Kier molecular flexibility index (Phi) is 3.42. The highest BCUT2D eigenvalue weighted by Crippen LogP contribution is 2.24. The maximum Gasteiger partial charge on any atom is 0.0193 e. The molecule has 0 radical (unpaired) electrons. The van der Waals surface area contributed by atoms with Crippen LogP contribution in [0, 0.1) is 5.92 Å². The molecule has 0 aromatic heterocycles. The molecule has 2 saturated heterocycles. The van der Waals surface area contributed by atoms with Gasteiger partial charge in [0, 0.05) is 18.1 Å². The maximum atomic E-state index is 6.00. The summed E-state index contributed by atoms with van der Waals surface area (Å²) in [5.74, 6) is 0.881. The van der Waals surface area contributed by atoms with Crippen LogP contribution in [0.1, 0.15) is 32.6 Å². The number of piperidine rings is 2. The molecule has 0 spiro atoms. The van der Waals surface area contributed by atoms with Crippen LogP contribution < -0.4 is 16.4 Å². The summed E-state index contributed by atoms with van der Waals surface area (Å²) in [7, 11) is 0. The normalized spacial score (nSPS) is 41.1. The second-order valence-electron chi connectivity index (χ2n) is 4.89. The molecular weight excluding hydrogens is 174 g/mol. The number of nitrogens with two attached hydrogens (primary N) is 1. The highest BCUT2D eigenvalue weighted by molar-refractivity contribution is 4.91. The average Bonchev–Trinajstić information content (AvgIpc) is 2.23. The molecule has 0 saturated carbocycles. The van der Waals surface area contributed by atoms with E-state index in [9.17, 15) is 0 Å². The zero-order valence-electron chi connectivity index (χ0n) is 9.13. The van der Waals surface area contributed by atoms with Gasteiger partial charge in [-0.05, 0) is 51.6 Å². The summed E-state index contributed by atoms with van der Waals surface area (Å²) >= 11 is 0. The quantitative estimate of drug-likeness (QED) is 0.572. The van der Waals surface area contributed by atoms with Gasteiger partial charge in [0.15, 0.2) is 0 Å². The van der Waals surface area contributed by atoms with E-state index < -0.39 is 0 Å². The van der Waals surface area contributed by atoms with Crippen molar-refractivity contribution in [1.29, 1.82) is 0 Å². The van der Waals surface area contributed by atoms with Crippen molar-refractivity contribution in [3.05, 3.63) is 0 Å². The zero-order valence-corrected chi connectivity index (χ0v) is 9.13. The van der Waals surface area contributed by atoms with Gasteiger partial charge in [0.05, 0.1) is 0 Å². The van der Waals surface area contributed by atoms with Crippen LogP contribution in [0.2, 0.25) is 0 Å². The smallest absolute Gasteiger partial charge is 0.0193 e. The molecule has 3 atom stereocenters. The van der Waals surface area contributed by atoms with Crippen molar-refractivity contribution in [1.82, 2.24) is 10.6 Å². The van der Waals surface area contributed by atoms with Crippen molar-refractivity contribution in [2.24, 2.45) is 11.7 Å². The molecule has 0 aromatic rings. The summed E-state index contributed by atoms with van der Waals surface area (Å²) in [6.07, 6.45) is 5.14. The Labute approximate surface area is 86.8 Å². The number of rotatable bonds is 1. The summed E-state index contributed by atoms with van der Waals surface area (Å²) in [4.78, 5) is 0. The first-order valence-electron chi connectivity index (χ1n) is 5.99. The van der Waals surface area contributed by atoms with E-state index >= 15 is 0 Å². The Morgan fingerprint density at radius 1 is 1.07 bits per heavy atom. The lowest BCUT2D eigenvalue weighted by molar-refractivity contribution is 0.202.